The average molecular weight is 338 g/mol. The summed E-state index contributed by atoms with van der Waals surface area (Å²) in [6, 6.07) is 0. The molecule has 0 spiro atoms. The Hall–Kier alpha value is 0.0300. The zero-order chi connectivity index (χ0) is 17.3. The molecule has 1 fully saturated rings. The topological polar surface area (TPSA) is 74.2 Å². The van der Waals surface area contributed by atoms with Crippen LogP contribution in [0.15, 0.2) is 0 Å². The van der Waals surface area contributed by atoms with E-state index in [9.17, 15) is 9.67 Å². The third-order valence-corrected chi connectivity index (χ3v) is 4.47. The lowest BCUT2D eigenvalue weighted by molar-refractivity contribution is -0.216. The van der Waals surface area contributed by atoms with E-state index in [0.717, 1.165) is 0 Å². The van der Waals surface area contributed by atoms with Crippen molar-refractivity contribution in [2.45, 2.75) is 84.1 Å². The first-order chi connectivity index (χ1) is 9.70. The van der Waals surface area contributed by atoms with E-state index in [0.29, 0.717) is 0 Å². The lowest BCUT2D eigenvalue weighted by Crippen LogP contribution is -2.55. The molecule has 0 radical (unpaired) electrons. The summed E-state index contributed by atoms with van der Waals surface area (Å²) in [5.74, 6) is 0. The Morgan fingerprint density at radius 1 is 1.14 bits per heavy atom. The van der Waals surface area contributed by atoms with Gasteiger partial charge in [0.2, 0.25) is 0 Å². The van der Waals surface area contributed by atoms with Gasteiger partial charge in [0.05, 0.1) is 23.9 Å². The van der Waals surface area contributed by atoms with Gasteiger partial charge in [-0.15, -0.1) is 0 Å². The van der Waals surface area contributed by atoms with Crippen molar-refractivity contribution >= 4 is 7.60 Å². The molecule has 0 aliphatic carbocycles. The predicted molar refractivity (Wildman–Crippen MR) is 85.3 cm³/mol. The predicted octanol–water partition coefficient (Wildman–Crippen LogP) is 2.97. The first kappa shape index (κ1) is 20.1. The van der Waals surface area contributed by atoms with Gasteiger partial charge >= 0.3 is 7.60 Å². The van der Waals surface area contributed by atoms with Gasteiger partial charge in [0.25, 0.3) is 0 Å². The maximum atomic E-state index is 12.5. The van der Waals surface area contributed by atoms with E-state index in [2.05, 4.69) is 0 Å². The van der Waals surface area contributed by atoms with Gasteiger partial charge in [0.15, 0.2) is 0 Å². The summed E-state index contributed by atoms with van der Waals surface area (Å²) in [6.45, 7) is 14.6. The molecule has 1 aliphatic heterocycles. The van der Waals surface area contributed by atoms with Gasteiger partial charge in [-0.2, -0.15) is 0 Å². The molecular formula is C15H31O6P. The van der Waals surface area contributed by atoms with Crippen LogP contribution in [0.1, 0.15) is 48.5 Å². The molecule has 0 aromatic heterocycles. The Labute approximate surface area is 134 Å². The molecule has 5 unspecified atom stereocenters. The molecule has 0 bridgehead atoms. The molecule has 0 saturated carbocycles. The van der Waals surface area contributed by atoms with Crippen molar-refractivity contribution in [2.75, 3.05) is 13.3 Å². The minimum Gasteiger partial charge on any atom is -0.387 e. The monoisotopic (exact) mass is 338 g/mol. The molecule has 1 saturated heterocycles. The lowest BCUT2D eigenvalue weighted by atomic mass is 10.0. The molecule has 1 aliphatic rings. The second-order valence-electron chi connectivity index (χ2n) is 7.84. The van der Waals surface area contributed by atoms with Crippen molar-refractivity contribution in [3.8, 4) is 0 Å². The molecule has 0 aromatic carbocycles. The van der Waals surface area contributed by atoms with Crippen LogP contribution in [0.3, 0.4) is 0 Å². The fourth-order valence-corrected chi connectivity index (χ4v) is 4.15. The van der Waals surface area contributed by atoms with Gasteiger partial charge in [-0.1, -0.05) is 0 Å². The summed E-state index contributed by atoms with van der Waals surface area (Å²) < 4.78 is 35.0. The third kappa shape index (κ3) is 6.65. The summed E-state index contributed by atoms with van der Waals surface area (Å²) in [6.07, 6.45) is -2.62. The molecule has 1 rings (SSSR count). The molecule has 0 aromatic rings. The van der Waals surface area contributed by atoms with E-state index < -0.39 is 43.2 Å². The molecule has 132 valence electrons. The highest BCUT2D eigenvalue weighted by molar-refractivity contribution is 7.53. The quantitative estimate of drug-likeness (QED) is 0.795. The zero-order valence-electron chi connectivity index (χ0n) is 15.0. The summed E-state index contributed by atoms with van der Waals surface area (Å²) >= 11 is 0. The molecular weight excluding hydrogens is 307 g/mol. The number of hydrogen-bond acceptors (Lipinski definition) is 6. The van der Waals surface area contributed by atoms with Crippen LogP contribution in [-0.2, 0) is 23.1 Å². The van der Waals surface area contributed by atoms with Crippen LogP contribution in [0.5, 0.6) is 0 Å². The highest BCUT2D eigenvalue weighted by Crippen LogP contribution is 2.50. The Bertz CT molecular complexity index is 411. The fourth-order valence-electron chi connectivity index (χ4n) is 2.38. The maximum absolute atomic E-state index is 12.5. The highest BCUT2D eigenvalue weighted by atomic mass is 31.2. The van der Waals surface area contributed by atoms with Crippen LogP contribution in [0.25, 0.3) is 0 Å². The van der Waals surface area contributed by atoms with E-state index in [1.807, 2.05) is 20.8 Å². The molecule has 6 nitrogen and oxygen atoms in total. The third-order valence-electron chi connectivity index (χ3n) is 2.96. The Morgan fingerprint density at radius 3 is 2.14 bits per heavy atom. The Morgan fingerprint density at radius 2 is 1.68 bits per heavy atom. The molecule has 5 atom stereocenters. The van der Waals surface area contributed by atoms with Gasteiger partial charge in [-0.05, 0) is 48.5 Å². The smallest absolute Gasteiger partial charge is 0.328 e. The van der Waals surface area contributed by atoms with Crippen LogP contribution >= 0.6 is 7.60 Å². The van der Waals surface area contributed by atoms with Gasteiger partial charge in [-0.3, -0.25) is 9.09 Å². The molecule has 7 heteroatoms. The van der Waals surface area contributed by atoms with E-state index in [4.69, 9.17) is 18.5 Å². The summed E-state index contributed by atoms with van der Waals surface area (Å²) in [4.78, 5) is 0. The van der Waals surface area contributed by atoms with Crippen molar-refractivity contribution in [1.82, 2.24) is 0 Å². The summed E-state index contributed by atoms with van der Waals surface area (Å²) in [5, 5.41) is 10.5. The zero-order valence-corrected chi connectivity index (χ0v) is 15.8. The van der Waals surface area contributed by atoms with E-state index in [-0.39, 0.29) is 6.61 Å². The number of aliphatic hydroxyl groups excluding tert-OH is 1. The normalized spacial score (nSPS) is 33.5. The van der Waals surface area contributed by atoms with Crippen molar-refractivity contribution < 1.29 is 28.2 Å². The SMILES string of the molecule is CC1OCC(OC(C)(C)C)C(O)C1OP(C)(=O)OC(C)(C)C. The van der Waals surface area contributed by atoms with Crippen molar-refractivity contribution in [3.63, 3.8) is 0 Å². The standard InChI is InChI=1S/C15H31O6P/c1-10-13(20-22(8,17)21-15(5,6)7)12(16)11(9-18-10)19-14(2,3)4/h10-13,16H,9H2,1-8H3. The van der Waals surface area contributed by atoms with Gasteiger partial charge in [0, 0.05) is 6.66 Å². The van der Waals surface area contributed by atoms with Crippen LogP contribution < -0.4 is 0 Å². The van der Waals surface area contributed by atoms with E-state index in [1.54, 1.807) is 27.7 Å². The van der Waals surface area contributed by atoms with Crippen molar-refractivity contribution in [1.29, 1.82) is 0 Å². The largest absolute Gasteiger partial charge is 0.387 e. The van der Waals surface area contributed by atoms with Gasteiger partial charge < -0.3 is 19.1 Å². The van der Waals surface area contributed by atoms with Crippen molar-refractivity contribution in [3.05, 3.63) is 0 Å². The minimum atomic E-state index is -3.33. The second-order valence-corrected chi connectivity index (χ2v) is 9.78. The van der Waals surface area contributed by atoms with Gasteiger partial charge in [0.1, 0.15) is 18.3 Å². The number of rotatable bonds is 4. The van der Waals surface area contributed by atoms with Crippen LogP contribution in [0.2, 0.25) is 0 Å². The van der Waals surface area contributed by atoms with Crippen LogP contribution in [0, 0.1) is 0 Å². The molecule has 1 N–H and O–H groups in total. The minimum absolute atomic E-state index is 0.271. The highest BCUT2D eigenvalue weighted by Gasteiger charge is 2.43. The molecule has 1 heterocycles. The second kappa shape index (κ2) is 6.88. The average Bonchev–Trinajstić information content (AvgIpc) is 2.23. The number of ether oxygens (including phenoxy) is 2. The molecule has 22 heavy (non-hydrogen) atoms. The van der Waals surface area contributed by atoms with Crippen molar-refractivity contribution in [2.24, 2.45) is 0 Å². The number of aliphatic hydroxyl groups is 1. The summed E-state index contributed by atoms with van der Waals surface area (Å²) in [7, 11) is -3.33. The van der Waals surface area contributed by atoms with E-state index in [1.165, 1.54) is 6.66 Å². The Kier molecular flexibility index (Phi) is 6.27. The maximum Gasteiger partial charge on any atom is 0.328 e. The fraction of sp³-hybridized carbons (Fsp3) is 1.00. The Balaban J connectivity index is 2.80. The van der Waals surface area contributed by atoms with Gasteiger partial charge in [-0.25, -0.2) is 0 Å². The van der Waals surface area contributed by atoms with Crippen LogP contribution in [0.4, 0.5) is 0 Å². The lowest BCUT2D eigenvalue weighted by Gasteiger charge is -2.41. The first-order valence-corrected chi connectivity index (χ1v) is 9.63. The first-order valence-electron chi connectivity index (χ1n) is 7.64. The summed E-state index contributed by atoms with van der Waals surface area (Å²) in [5.41, 5.74) is -1.02. The van der Waals surface area contributed by atoms with Crippen LogP contribution in [-0.4, -0.2) is 54.0 Å². The van der Waals surface area contributed by atoms with E-state index >= 15 is 0 Å². The number of hydrogen-bond donors (Lipinski definition) is 1. The molecule has 0 amide bonds.